The molecule has 206 valence electrons. The molecule has 1 aliphatic carbocycles. The fourth-order valence-electron chi connectivity index (χ4n) is 6.37. The lowest BCUT2D eigenvalue weighted by Crippen LogP contribution is -2.43. The van der Waals surface area contributed by atoms with E-state index >= 15 is 0 Å². The maximum atomic E-state index is 13.5. The van der Waals surface area contributed by atoms with Crippen LogP contribution in [-0.4, -0.2) is 46.2 Å². The maximum Gasteiger partial charge on any atom is 0.253 e. The van der Waals surface area contributed by atoms with Gasteiger partial charge in [-0.15, -0.1) is 0 Å². The molecule has 5 nitrogen and oxygen atoms in total. The third-order valence-electron chi connectivity index (χ3n) is 8.91. The first-order chi connectivity index (χ1) is 19.4. The molecule has 0 unspecified atom stereocenters. The normalized spacial score (nSPS) is 19.4. The van der Waals surface area contributed by atoms with Gasteiger partial charge in [0, 0.05) is 59.8 Å². The lowest BCUT2D eigenvalue weighted by molar-refractivity contribution is 0.0462. The predicted molar refractivity (Wildman–Crippen MR) is 163 cm³/mol. The molecule has 0 bridgehead atoms. The van der Waals surface area contributed by atoms with E-state index in [0.29, 0.717) is 11.8 Å². The highest BCUT2D eigenvalue weighted by Gasteiger charge is 2.33. The molecule has 1 saturated carbocycles. The molecule has 1 aromatic heterocycles. The van der Waals surface area contributed by atoms with Crippen molar-refractivity contribution in [3.8, 4) is 5.69 Å². The van der Waals surface area contributed by atoms with Gasteiger partial charge in [-0.05, 0) is 93.5 Å². The minimum atomic E-state index is -0.161. The summed E-state index contributed by atoms with van der Waals surface area (Å²) in [6, 6.07) is 25.1. The van der Waals surface area contributed by atoms with Gasteiger partial charge in [-0.25, -0.2) is 0 Å². The molecule has 1 saturated heterocycles. The van der Waals surface area contributed by atoms with Crippen molar-refractivity contribution in [2.45, 2.75) is 45.6 Å². The zero-order chi connectivity index (χ0) is 27.8. The summed E-state index contributed by atoms with van der Waals surface area (Å²) in [5.74, 6) is 0.928. The van der Waals surface area contributed by atoms with Gasteiger partial charge >= 0.3 is 0 Å². The summed E-state index contributed by atoms with van der Waals surface area (Å²) in [6.45, 7) is 11.2. The SMILES string of the molecule is C=C(C1CCN(C(=O)c2ccc3c(ccn3-c3ccc(C)cc3)c2)CC1)N(CC1CC(O)C1)c1ccccc1C. The van der Waals surface area contributed by atoms with Gasteiger partial charge in [0.2, 0.25) is 0 Å². The summed E-state index contributed by atoms with van der Waals surface area (Å²) in [5, 5.41) is 10.9. The third kappa shape index (κ3) is 5.18. The molecule has 1 amide bonds. The second-order valence-electron chi connectivity index (χ2n) is 11.7. The van der Waals surface area contributed by atoms with Crippen LogP contribution in [0.15, 0.2) is 91.3 Å². The number of carbonyl (C=O) groups is 1. The molecule has 3 aromatic carbocycles. The van der Waals surface area contributed by atoms with E-state index in [1.165, 1.54) is 16.8 Å². The average Bonchev–Trinajstić information content (AvgIpc) is 3.38. The second kappa shape index (κ2) is 11.0. The number of para-hydroxylation sites is 1. The van der Waals surface area contributed by atoms with Crippen LogP contribution >= 0.6 is 0 Å². The van der Waals surface area contributed by atoms with Crippen molar-refractivity contribution in [3.05, 3.63) is 108 Å². The number of piperidine rings is 1. The van der Waals surface area contributed by atoms with Gasteiger partial charge in [-0.3, -0.25) is 4.79 Å². The highest BCUT2D eigenvalue weighted by Crippen LogP contribution is 2.36. The summed E-state index contributed by atoms with van der Waals surface area (Å²) in [5.41, 5.74) is 7.79. The molecule has 40 heavy (non-hydrogen) atoms. The Bertz CT molecular complexity index is 1520. The Balaban J connectivity index is 1.13. The first kappa shape index (κ1) is 26.4. The number of allylic oxidation sites excluding steroid dienone is 1. The Morgan fingerprint density at radius 3 is 2.40 bits per heavy atom. The molecule has 1 aliphatic heterocycles. The Labute approximate surface area is 237 Å². The highest BCUT2D eigenvalue weighted by molar-refractivity contribution is 5.98. The van der Waals surface area contributed by atoms with Gasteiger partial charge in [0.15, 0.2) is 0 Å². The number of aliphatic hydroxyl groups excluding tert-OH is 1. The maximum absolute atomic E-state index is 13.5. The Hall–Kier alpha value is -3.83. The van der Waals surface area contributed by atoms with Crippen molar-refractivity contribution >= 4 is 22.5 Å². The van der Waals surface area contributed by atoms with Crippen molar-refractivity contribution in [2.75, 3.05) is 24.5 Å². The second-order valence-corrected chi connectivity index (χ2v) is 11.7. The topological polar surface area (TPSA) is 48.7 Å². The number of amides is 1. The quantitative estimate of drug-likeness (QED) is 0.281. The fourth-order valence-corrected chi connectivity index (χ4v) is 6.37. The van der Waals surface area contributed by atoms with E-state index in [4.69, 9.17) is 0 Å². The largest absolute Gasteiger partial charge is 0.393 e. The summed E-state index contributed by atoms with van der Waals surface area (Å²) < 4.78 is 2.17. The van der Waals surface area contributed by atoms with Crippen LogP contribution in [-0.2, 0) is 0 Å². The number of nitrogens with zero attached hydrogens (tertiary/aromatic N) is 3. The number of carbonyl (C=O) groups excluding carboxylic acids is 1. The van der Waals surface area contributed by atoms with Gasteiger partial charge in [-0.2, -0.15) is 0 Å². The standard InChI is InChI=1S/C35H39N3O2/c1-24-8-11-31(12-9-24)37-19-16-29-22-30(10-13-34(29)37)35(40)36-17-14-28(15-18-36)26(3)38(23-27-20-32(39)21-27)33-7-5-4-6-25(33)2/h4-13,16,19,22,27-28,32,39H,3,14-15,17-18,20-21,23H2,1-2H3. The van der Waals surface area contributed by atoms with Gasteiger partial charge in [-0.1, -0.05) is 42.5 Å². The smallest absolute Gasteiger partial charge is 0.253 e. The monoisotopic (exact) mass is 533 g/mol. The van der Waals surface area contributed by atoms with Gasteiger partial charge in [0.05, 0.1) is 11.6 Å². The van der Waals surface area contributed by atoms with Crippen LogP contribution in [0.3, 0.4) is 0 Å². The van der Waals surface area contributed by atoms with E-state index < -0.39 is 0 Å². The molecule has 0 radical (unpaired) electrons. The van der Waals surface area contributed by atoms with Gasteiger partial charge in [0.1, 0.15) is 0 Å². The van der Waals surface area contributed by atoms with Crippen LogP contribution in [0.25, 0.3) is 16.6 Å². The number of fused-ring (bicyclic) bond motifs is 1. The Morgan fingerprint density at radius 1 is 0.975 bits per heavy atom. The van der Waals surface area contributed by atoms with E-state index in [9.17, 15) is 9.90 Å². The first-order valence-electron chi connectivity index (χ1n) is 14.5. The Morgan fingerprint density at radius 2 is 1.70 bits per heavy atom. The molecule has 1 N–H and O–H groups in total. The van der Waals surface area contributed by atoms with Gasteiger partial charge < -0.3 is 19.5 Å². The third-order valence-corrected chi connectivity index (χ3v) is 8.91. The van der Waals surface area contributed by atoms with E-state index in [0.717, 1.165) is 73.2 Å². The lowest BCUT2D eigenvalue weighted by Gasteiger charge is -2.41. The summed E-state index contributed by atoms with van der Waals surface area (Å²) in [7, 11) is 0. The highest BCUT2D eigenvalue weighted by atomic mass is 16.3. The van der Waals surface area contributed by atoms with Crippen LogP contribution in [0.2, 0.25) is 0 Å². The van der Waals surface area contributed by atoms with E-state index in [1.54, 1.807) is 0 Å². The molecule has 4 aromatic rings. The molecule has 2 fully saturated rings. The number of aliphatic hydroxyl groups is 1. The van der Waals surface area contributed by atoms with Crippen molar-refractivity contribution in [2.24, 2.45) is 11.8 Å². The molecule has 5 heteroatoms. The summed E-state index contributed by atoms with van der Waals surface area (Å²) in [4.78, 5) is 17.9. The lowest BCUT2D eigenvalue weighted by atomic mass is 9.81. The number of hydrogen-bond acceptors (Lipinski definition) is 3. The molecular formula is C35H39N3O2. The zero-order valence-corrected chi connectivity index (χ0v) is 23.6. The Kier molecular flexibility index (Phi) is 7.24. The van der Waals surface area contributed by atoms with E-state index in [2.05, 4.69) is 96.8 Å². The molecule has 6 rings (SSSR count). The summed E-state index contributed by atoms with van der Waals surface area (Å²) in [6.07, 6.45) is 5.46. The van der Waals surface area contributed by atoms with Crippen molar-refractivity contribution < 1.29 is 9.90 Å². The minimum Gasteiger partial charge on any atom is -0.393 e. The zero-order valence-electron chi connectivity index (χ0n) is 23.6. The number of likely N-dealkylation sites (tertiary alicyclic amines) is 1. The van der Waals surface area contributed by atoms with Gasteiger partial charge in [0.25, 0.3) is 5.91 Å². The van der Waals surface area contributed by atoms with Crippen LogP contribution in [0, 0.1) is 25.7 Å². The molecule has 2 heterocycles. The van der Waals surface area contributed by atoms with Crippen molar-refractivity contribution in [3.63, 3.8) is 0 Å². The van der Waals surface area contributed by atoms with Crippen molar-refractivity contribution in [1.82, 2.24) is 9.47 Å². The van der Waals surface area contributed by atoms with Crippen LogP contribution in [0.4, 0.5) is 5.69 Å². The minimum absolute atomic E-state index is 0.105. The number of hydrogen-bond donors (Lipinski definition) is 1. The van der Waals surface area contributed by atoms with Crippen LogP contribution in [0.5, 0.6) is 0 Å². The van der Waals surface area contributed by atoms with Crippen LogP contribution in [0.1, 0.15) is 47.2 Å². The number of aryl methyl sites for hydroxylation is 2. The van der Waals surface area contributed by atoms with Crippen LogP contribution < -0.4 is 4.90 Å². The van der Waals surface area contributed by atoms with Crippen molar-refractivity contribution in [1.29, 1.82) is 0 Å². The van der Waals surface area contributed by atoms with E-state index in [1.807, 2.05) is 17.0 Å². The summed E-state index contributed by atoms with van der Waals surface area (Å²) >= 11 is 0. The van der Waals surface area contributed by atoms with E-state index in [-0.39, 0.29) is 12.0 Å². The molecule has 2 aliphatic rings. The number of anilines is 1. The average molecular weight is 534 g/mol. The predicted octanol–water partition coefficient (Wildman–Crippen LogP) is 6.89. The number of benzene rings is 3. The number of aromatic nitrogens is 1. The first-order valence-corrected chi connectivity index (χ1v) is 14.5. The molecular weight excluding hydrogens is 494 g/mol. The molecule has 0 atom stereocenters. The fraction of sp³-hybridized carbons (Fsp3) is 0.343. The number of rotatable bonds is 7. The molecule has 0 spiro atoms.